The van der Waals surface area contributed by atoms with Gasteiger partial charge in [-0.2, -0.15) is 0 Å². The maximum absolute atomic E-state index is 13.1. The number of anilines is 1. The van der Waals surface area contributed by atoms with Gasteiger partial charge in [-0.3, -0.25) is 4.79 Å². The largest absolute Gasteiger partial charge is 0.338 e. The predicted octanol–water partition coefficient (Wildman–Crippen LogP) is 4.54. The van der Waals surface area contributed by atoms with Crippen molar-refractivity contribution in [3.63, 3.8) is 0 Å². The van der Waals surface area contributed by atoms with E-state index in [0.717, 1.165) is 38.6 Å². The van der Waals surface area contributed by atoms with Crippen LogP contribution in [-0.4, -0.2) is 30.9 Å². The van der Waals surface area contributed by atoms with E-state index in [1.54, 1.807) is 24.3 Å². The van der Waals surface area contributed by atoms with E-state index in [1.165, 1.54) is 24.6 Å². The first-order valence-corrected chi connectivity index (χ1v) is 10.6. The molecule has 0 spiro atoms. The van der Waals surface area contributed by atoms with Crippen molar-refractivity contribution in [1.82, 2.24) is 10.6 Å². The van der Waals surface area contributed by atoms with E-state index in [0.29, 0.717) is 29.8 Å². The SMILES string of the molecule is CC(=O)c1cccc(NC(=O)NCCC[C@@H]2C[C@H](Cc3ccc(F)cc3)CCN2)c1. The lowest BCUT2D eigenvalue weighted by atomic mass is 9.86. The predicted molar refractivity (Wildman–Crippen MR) is 117 cm³/mol. The number of urea groups is 1. The second-order valence-electron chi connectivity index (χ2n) is 8.03. The molecule has 1 aliphatic heterocycles. The minimum absolute atomic E-state index is 0.0308. The minimum atomic E-state index is -0.263. The van der Waals surface area contributed by atoms with Gasteiger partial charge in [0.15, 0.2) is 5.78 Å². The number of Topliss-reactive ketones (excluding diaryl/α,β-unsaturated/α-hetero) is 1. The summed E-state index contributed by atoms with van der Waals surface area (Å²) < 4.78 is 13.1. The zero-order valence-corrected chi connectivity index (χ0v) is 17.4. The molecule has 1 fully saturated rings. The summed E-state index contributed by atoms with van der Waals surface area (Å²) >= 11 is 0. The zero-order valence-electron chi connectivity index (χ0n) is 17.4. The Morgan fingerprint density at radius 3 is 2.73 bits per heavy atom. The van der Waals surface area contributed by atoms with Crippen LogP contribution in [0.1, 0.15) is 48.5 Å². The number of carbonyl (C=O) groups is 2. The Morgan fingerprint density at radius 1 is 1.17 bits per heavy atom. The van der Waals surface area contributed by atoms with Gasteiger partial charge < -0.3 is 16.0 Å². The standard InChI is InChI=1S/C24H30FN3O2/c1-17(29)20-4-2-5-23(16-20)28-24(30)27-12-3-6-22-15-19(11-13-26-22)14-18-7-9-21(25)10-8-18/h2,4-5,7-10,16,19,22,26H,3,6,11-15H2,1H3,(H2,27,28,30)/t19-,22+/m0/s1. The lowest BCUT2D eigenvalue weighted by molar-refractivity contribution is 0.101. The van der Waals surface area contributed by atoms with Gasteiger partial charge in [-0.15, -0.1) is 0 Å². The number of hydrogen-bond acceptors (Lipinski definition) is 3. The van der Waals surface area contributed by atoms with E-state index in [4.69, 9.17) is 0 Å². The Balaban J connectivity index is 1.35. The first-order chi connectivity index (χ1) is 14.5. The van der Waals surface area contributed by atoms with Crippen LogP contribution >= 0.6 is 0 Å². The molecule has 160 valence electrons. The van der Waals surface area contributed by atoms with Crippen LogP contribution in [0.3, 0.4) is 0 Å². The van der Waals surface area contributed by atoms with Crippen LogP contribution in [0, 0.1) is 11.7 Å². The quantitative estimate of drug-likeness (QED) is 0.441. The number of carbonyl (C=O) groups excluding carboxylic acids is 2. The molecule has 30 heavy (non-hydrogen) atoms. The lowest BCUT2D eigenvalue weighted by Crippen LogP contribution is -2.39. The van der Waals surface area contributed by atoms with Crippen LogP contribution in [0.2, 0.25) is 0 Å². The number of nitrogens with one attached hydrogen (secondary N) is 3. The average Bonchev–Trinajstić information content (AvgIpc) is 2.73. The number of piperidine rings is 1. The van der Waals surface area contributed by atoms with Gasteiger partial charge in [0.2, 0.25) is 0 Å². The summed E-state index contributed by atoms with van der Waals surface area (Å²) in [6.45, 7) is 3.10. The number of benzene rings is 2. The normalized spacial score (nSPS) is 18.6. The Labute approximate surface area is 177 Å². The topological polar surface area (TPSA) is 70.2 Å². The molecule has 2 aromatic rings. The molecule has 5 nitrogen and oxygen atoms in total. The van der Waals surface area contributed by atoms with Crippen molar-refractivity contribution in [1.29, 1.82) is 0 Å². The number of halogens is 1. The van der Waals surface area contributed by atoms with Gasteiger partial charge in [0.25, 0.3) is 0 Å². The Bertz CT molecular complexity index is 854. The molecule has 1 heterocycles. The summed E-state index contributed by atoms with van der Waals surface area (Å²) in [6.07, 6.45) is 5.11. The highest BCUT2D eigenvalue weighted by molar-refractivity contribution is 5.96. The molecule has 0 bridgehead atoms. The third-order valence-electron chi connectivity index (χ3n) is 5.58. The van der Waals surface area contributed by atoms with E-state index < -0.39 is 0 Å². The molecule has 2 atom stereocenters. The van der Waals surface area contributed by atoms with Crippen LogP contribution in [-0.2, 0) is 6.42 Å². The molecule has 0 radical (unpaired) electrons. The van der Waals surface area contributed by atoms with E-state index in [2.05, 4.69) is 16.0 Å². The smallest absolute Gasteiger partial charge is 0.319 e. The summed E-state index contributed by atoms with van der Waals surface area (Å²) in [6, 6.07) is 13.9. The second kappa shape index (κ2) is 10.9. The molecule has 3 rings (SSSR count). The molecular weight excluding hydrogens is 381 g/mol. The molecule has 0 saturated carbocycles. The molecule has 6 heteroatoms. The number of ketones is 1. The maximum atomic E-state index is 13.1. The molecule has 3 N–H and O–H groups in total. The monoisotopic (exact) mass is 411 g/mol. The van der Waals surface area contributed by atoms with Crippen molar-refractivity contribution in [3.05, 3.63) is 65.5 Å². The Kier molecular flexibility index (Phi) is 7.97. The molecule has 0 aromatic heterocycles. The van der Waals surface area contributed by atoms with Crippen molar-refractivity contribution in [2.45, 2.75) is 45.1 Å². The van der Waals surface area contributed by atoms with Crippen LogP contribution in [0.25, 0.3) is 0 Å². The summed E-state index contributed by atoms with van der Waals surface area (Å²) in [5.74, 6) is 0.383. The van der Waals surface area contributed by atoms with Gasteiger partial charge in [-0.25, -0.2) is 9.18 Å². The molecule has 0 unspecified atom stereocenters. The van der Waals surface area contributed by atoms with Gasteiger partial charge >= 0.3 is 6.03 Å². The maximum Gasteiger partial charge on any atom is 0.319 e. The fourth-order valence-electron chi connectivity index (χ4n) is 4.00. The van der Waals surface area contributed by atoms with Gasteiger partial charge in [0.05, 0.1) is 0 Å². The van der Waals surface area contributed by atoms with Crippen LogP contribution in [0.15, 0.2) is 48.5 Å². The highest BCUT2D eigenvalue weighted by Gasteiger charge is 2.21. The Morgan fingerprint density at radius 2 is 1.97 bits per heavy atom. The van der Waals surface area contributed by atoms with Crippen molar-refractivity contribution in [3.8, 4) is 0 Å². The number of rotatable bonds is 8. The summed E-state index contributed by atoms with van der Waals surface area (Å²) in [7, 11) is 0. The first kappa shape index (κ1) is 22.0. The van der Waals surface area contributed by atoms with E-state index in [1.807, 2.05) is 12.1 Å². The van der Waals surface area contributed by atoms with Gasteiger partial charge in [-0.1, -0.05) is 24.3 Å². The van der Waals surface area contributed by atoms with Crippen molar-refractivity contribution in [2.75, 3.05) is 18.4 Å². The second-order valence-corrected chi connectivity index (χ2v) is 8.03. The highest BCUT2D eigenvalue weighted by Crippen LogP contribution is 2.23. The summed E-state index contributed by atoms with van der Waals surface area (Å²) in [5, 5.41) is 9.22. The van der Waals surface area contributed by atoms with Gasteiger partial charge in [0, 0.05) is 23.8 Å². The number of hydrogen-bond donors (Lipinski definition) is 3. The zero-order chi connectivity index (χ0) is 21.3. The molecule has 1 aliphatic rings. The summed E-state index contributed by atoms with van der Waals surface area (Å²) in [4.78, 5) is 23.5. The van der Waals surface area contributed by atoms with Gasteiger partial charge in [0.1, 0.15) is 5.82 Å². The van der Waals surface area contributed by atoms with E-state index >= 15 is 0 Å². The fourth-order valence-corrected chi connectivity index (χ4v) is 4.00. The van der Waals surface area contributed by atoms with Crippen LogP contribution in [0.5, 0.6) is 0 Å². The summed E-state index contributed by atoms with van der Waals surface area (Å²) in [5.41, 5.74) is 2.37. The van der Waals surface area contributed by atoms with Crippen LogP contribution in [0.4, 0.5) is 14.9 Å². The molecular formula is C24H30FN3O2. The average molecular weight is 412 g/mol. The fraction of sp³-hybridized carbons (Fsp3) is 0.417. The third-order valence-corrected chi connectivity index (χ3v) is 5.58. The minimum Gasteiger partial charge on any atom is -0.338 e. The molecule has 2 aromatic carbocycles. The third kappa shape index (κ3) is 6.95. The lowest BCUT2D eigenvalue weighted by Gasteiger charge is -2.30. The molecule has 1 saturated heterocycles. The van der Waals surface area contributed by atoms with E-state index in [9.17, 15) is 14.0 Å². The number of amides is 2. The Hall–Kier alpha value is -2.73. The highest BCUT2D eigenvalue weighted by atomic mass is 19.1. The van der Waals surface area contributed by atoms with Crippen molar-refractivity contribution in [2.24, 2.45) is 5.92 Å². The first-order valence-electron chi connectivity index (χ1n) is 10.6. The molecule has 0 aliphatic carbocycles. The van der Waals surface area contributed by atoms with E-state index in [-0.39, 0.29) is 17.6 Å². The molecule has 2 amide bonds. The van der Waals surface area contributed by atoms with Gasteiger partial charge in [-0.05, 0) is 81.3 Å². The van der Waals surface area contributed by atoms with Crippen LogP contribution < -0.4 is 16.0 Å². The van der Waals surface area contributed by atoms with Crippen molar-refractivity contribution < 1.29 is 14.0 Å². The van der Waals surface area contributed by atoms with Crippen molar-refractivity contribution >= 4 is 17.5 Å².